The molecule has 1 saturated carbocycles. The molecule has 26 heavy (non-hydrogen) atoms. The molecular formula is C20H25N5O. The highest BCUT2D eigenvalue weighted by atomic mass is 16.1. The average Bonchev–Trinajstić information content (AvgIpc) is 3.41. The van der Waals surface area contributed by atoms with Crippen LogP contribution in [0.25, 0.3) is 16.6 Å². The standard InChI is InChI=1S/C20H25N5O/c1-12-15(9-10-19(26)23-18(11-21)14-7-8-14)13(2)25-20(22-12)16-5-3-4-6-17(16)24-25/h3-6,14,18H,7-11,21H2,1-2H3,(H,23,26). The first-order valence-corrected chi connectivity index (χ1v) is 9.31. The number of hydrogen-bond acceptors (Lipinski definition) is 4. The van der Waals surface area contributed by atoms with Gasteiger partial charge < -0.3 is 11.1 Å². The Balaban J connectivity index is 1.56. The third-order valence-corrected chi connectivity index (χ3v) is 5.41. The number of amides is 1. The zero-order valence-electron chi connectivity index (χ0n) is 15.3. The molecule has 3 N–H and O–H groups in total. The van der Waals surface area contributed by atoms with Crippen LogP contribution in [0.2, 0.25) is 0 Å². The molecule has 2 heterocycles. The average molecular weight is 351 g/mol. The van der Waals surface area contributed by atoms with Crippen molar-refractivity contribution in [2.75, 3.05) is 6.54 Å². The summed E-state index contributed by atoms with van der Waals surface area (Å²) >= 11 is 0. The van der Waals surface area contributed by atoms with Gasteiger partial charge >= 0.3 is 0 Å². The van der Waals surface area contributed by atoms with Crippen LogP contribution in [-0.4, -0.2) is 33.1 Å². The lowest BCUT2D eigenvalue weighted by Gasteiger charge is -2.16. The lowest BCUT2D eigenvalue weighted by molar-refractivity contribution is -0.121. The topological polar surface area (TPSA) is 85.3 Å². The summed E-state index contributed by atoms with van der Waals surface area (Å²) in [5.74, 6) is 0.638. The van der Waals surface area contributed by atoms with Gasteiger partial charge in [0.15, 0.2) is 5.65 Å². The fourth-order valence-electron chi connectivity index (χ4n) is 3.72. The second-order valence-electron chi connectivity index (χ2n) is 7.26. The number of carbonyl (C=O) groups excluding carboxylic acids is 1. The van der Waals surface area contributed by atoms with Crippen LogP contribution in [0, 0.1) is 19.8 Å². The van der Waals surface area contributed by atoms with Crippen LogP contribution < -0.4 is 11.1 Å². The van der Waals surface area contributed by atoms with Crippen molar-refractivity contribution >= 4 is 22.5 Å². The van der Waals surface area contributed by atoms with Crippen molar-refractivity contribution in [3.63, 3.8) is 0 Å². The lowest BCUT2D eigenvalue weighted by atomic mass is 10.1. The maximum atomic E-state index is 12.3. The van der Waals surface area contributed by atoms with Crippen molar-refractivity contribution in [1.82, 2.24) is 19.9 Å². The molecule has 3 aromatic rings. The third kappa shape index (κ3) is 3.05. The molecular weight excluding hydrogens is 326 g/mol. The van der Waals surface area contributed by atoms with Gasteiger partial charge in [0.25, 0.3) is 0 Å². The third-order valence-electron chi connectivity index (χ3n) is 5.41. The number of aryl methyl sites for hydroxylation is 2. The molecule has 1 aliphatic carbocycles. The Morgan fingerprint density at radius 2 is 2.12 bits per heavy atom. The van der Waals surface area contributed by atoms with E-state index < -0.39 is 0 Å². The molecule has 1 unspecified atom stereocenters. The van der Waals surface area contributed by atoms with E-state index in [2.05, 4.69) is 10.4 Å². The Hall–Kier alpha value is -2.47. The number of carbonyl (C=O) groups is 1. The molecule has 2 aromatic heterocycles. The van der Waals surface area contributed by atoms with Crippen LogP contribution in [-0.2, 0) is 11.2 Å². The summed E-state index contributed by atoms with van der Waals surface area (Å²) in [6, 6.07) is 8.15. The number of hydrogen-bond donors (Lipinski definition) is 2. The second-order valence-corrected chi connectivity index (χ2v) is 7.26. The van der Waals surface area contributed by atoms with Crippen LogP contribution in [0.5, 0.6) is 0 Å². The number of nitrogens with zero attached hydrogens (tertiary/aromatic N) is 3. The highest BCUT2D eigenvalue weighted by molar-refractivity contribution is 5.92. The second kappa shape index (κ2) is 6.68. The molecule has 1 atom stereocenters. The van der Waals surface area contributed by atoms with Crippen molar-refractivity contribution < 1.29 is 4.79 Å². The van der Waals surface area contributed by atoms with Crippen LogP contribution in [0.3, 0.4) is 0 Å². The van der Waals surface area contributed by atoms with E-state index in [-0.39, 0.29) is 11.9 Å². The largest absolute Gasteiger partial charge is 0.352 e. The number of nitrogens with one attached hydrogen (secondary N) is 1. The number of benzene rings is 1. The van der Waals surface area contributed by atoms with E-state index in [9.17, 15) is 4.79 Å². The minimum Gasteiger partial charge on any atom is -0.352 e. The van der Waals surface area contributed by atoms with Gasteiger partial charge in [0.05, 0.1) is 5.52 Å². The molecule has 136 valence electrons. The summed E-state index contributed by atoms with van der Waals surface area (Å²) in [6.45, 7) is 4.57. The Morgan fingerprint density at radius 1 is 1.35 bits per heavy atom. The summed E-state index contributed by atoms with van der Waals surface area (Å²) < 4.78 is 1.90. The predicted octanol–water partition coefficient (Wildman–Crippen LogP) is 2.29. The van der Waals surface area contributed by atoms with E-state index in [1.165, 1.54) is 12.8 Å². The highest BCUT2D eigenvalue weighted by Gasteiger charge is 2.31. The lowest BCUT2D eigenvalue weighted by Crippen LogP contribution is -2.41. The Morgan fingerprint density at radius 3 is 2.85 bits per heavy atom. The van der Waals surface area contributed by atoms with Crippen molar-refractivity contribution in [1.29, 1.82) is 0 Å². The normalized spacial score (nSPS) is 15.5. The van der Waals surface area contributed by atoms with Crippen molar-refractivity contribution in [3.8, 4) is 0 Å². The highest BCUT2D eigenvalue weighted by Crippen LogP contribution is 2.32. The van der Waals surface area contributed by atoms with Gasteiger partial charge in [-0.05, 0) is 56.7 Å². The Bertz CT molecular complexity index is 973. The van der Waals surface area contributed by atoms with E-state index in [0.29, 0.717) is 25.3 Å². The van der Waals surface area contributed by atoms with Crippen molar-refractivity contribution in [2.45, 2.75) is 45.6 Å². The fourth-order valence-corrected chi connectivity index (χ4v) is 3.72. The quantitative estimate of drug-likeness (QED) is 0.713. The van der Waals surface area contributed by atoms with Crippen molar-refractivity contribution in [3.05, 3.63) is 41.2 Å². The molecule has 1 fully saturated rings. The van der Waals surface area contributed by atoms with Gasteiger partial charge in [-0.3, -0.25) is 4.79 Å². The van der Waals surface area contributed by atoms with Gasteiger partial charge in [0, 0.05) is 35.8 Å². The first-order valence-electron chi connectivity index (χ1n) is 9.31. The predicted molar refractivity (Wildman–Crippen MR) is 102 cm³/mol. The summed E-state index contributed by atoms with van der Waals surface area (Å²) in [7, 11) is 0. The van der Waals surface area contributed by atoms with Gasteiger partial charge in [-0.2, -0.15) is 5.10 Å². The molecule has 6 heteroatoms. The number of aromatic nitrogens is 3. The van der Waals surface area contributed by atoms with Gasteiger partial charge in [0.2, 0.25) is 5.91 Å². The van der Waals surface area contributed by atoms with Gasteiger partial charge in [-0.1, -0.05) is 12.1 Å². The fraction of sp³-hybridized carbons (Fsp3) is 0.450. The van der Waals surface area contributed by atoms with E-state index in [1.54, 1.807) is 0 Å². The van der Waals surface area contributed by atoms with Crippen LogP contribution in [0.4, 0.5) is 0 Å². The van der Waals surface area contributed by atoms with E-state index in [4.69, 9.17) is 10.7 Å². The van der Waals surface area contributed by atoms with Gasteiger partial charge in [-0.15, -0.1) is 0 Å². The minimum atomic E-state index is 0.0665. The molecule has 1 aromatic carbocycles. The zero-order valence-corrected chi connectivity index (χ0v) is 15.3. The maximum Gasteiger partial charge on any atom is 0.220 e. The minimum absolute atomic E-state index is 0.0665. The van der Waals surface area contributed by atoms with Crippen LogP contribution in [0.15, 0.2) is 24.3 Å². The Labute approximate surface area is 152 Å². The van der Waals surface area contributed by atoms with Crippen molar-refractivity contribution in [2.24, 2.45) is 11.7 Å². The van der Waals surface area contributed by atoms with Crippen LogP contribution >= 0.6 is 0 Å². The molecule has 0 radical (unpaired) electrons. The molecule has 0 bridgehead atoms. The number of nitrogens with two attached hydrogens (primary N) is 1. The van der Waals surface area contributed by atoms with Gasteiger partial charge in [0.1, 0.15) is 0 Å². The summed E-state index contributed by atoms with van der Waals surface area (Å²) in [5, 5.41) is 8.82. The molecule has 0 spiro atoms. The first kappa shape index (κ1) is 17.0. The monoisotopic (exact) mass is 351 g/mol. The van der Waals surface area contributed by atoms with Gasteiger partial charge in [-0.25, -0.2) is 9.50 Å². The maximum absolute atomic E-state index is 12.3. The molecule has 0 aliphatic heterocycles. The van der Waals surface area contributed by atoms with E-state index >= 15 is 0 Å². The summed E-state index contributed by atoms with van der Waals surface area (Å²) in [4.78, 5) is 17.1. The summed E-state index contributed by atoms with van der Waals surface area (Å²) in [6.07, 6.45) is 3.45. The summed E-state index contributed by atoms with van der Waals surface area (Å²) in [5.41, 5.74) is 10.7. The SMILES string of the molecule is Cc1nc2c3ccccc3nn2c(C)c1CCC(=O)NC(CN)C1CC1. The number of fused-ring (bicyclic) bond motifs is 3. The van der Waals surface area contributed by atoms with Crippen LogP contribution in [0.1, 0.15) is 36.2 Å². The Kier molecular flexibility index (Phi) is 4.36. The smallest absolute Gasteiger partial charge is 0.220 e. The van der Waals surface area contributed by atoms with E-state index in [1.807, 2.05) is 42.6 Å². The van der Waals surface area contributed by atoms with E-state index in [0.717, 1.165) is 33.5 Å². The zero-order chi connectivity index (χ0) is 18.3. The first-order chi connectivity index (χ1) is 12.6. The molecule has 6 nitrogen and oxygen atoms in total. The number of rotatable bonds is 6. The molecule has 1 amide bonds. The molecule has 1 aliphatic rings. The molecule has 0 saturated heterocycles. The molecule has 4 rings (SSSR count).